The van der Waals surface area contributed by atoms with Gasteiger partial charge in [0.2, 0.25) is 11.8 Å². The van der Waals surface area contributed by atoms with E-state index in [1.165, 1.54) is 18.2 Å². The maximum Gasteiger partial charge on any atom is 0.416 e. The van der Waals surface area contributed by atoms with Gasteiger partial charge in [-0.15, -0.1) is 0 Å². The van der Waals surface area contributed by atoms with Crippen molar-refractivity contribution in [1.82, 2.24) is 5.32 Å². The quantitative estimate of drug-likeness (QED) is 0.845. The number of benzene rings is 1. The summed E-state index contributed by atoms with van der Waals surface area (Å²) in [4.78, 5) is 23.1. The summed E-state index contributed by atoms with van der Waals surface area (Å²) in [7, 11) is 0. The van der Waals surface area contributed by atoms with E-state index in [2.05, 4.69) is 5.32 Å². The van der Waals surface area contributed by atoms with Crippen molar-refractivity contribution in [1.29, 1.82) is 0 Å². The van der Waals surface area contributed by atoms with E-state index in [-0.39, 0.29) is 24.3 Å². The molecule has 0 aromatic heterocycles. The van der Waals surface area contributed by atoms with Gasteiger partial charge in [-0.1, -0.05) is 32.0 Å². The third-order valence-electron chi connectivity index (χ3n) is 3.02. The maximum absolute atomic E-state index is 12.9. The molecule has 3 N–H and O–H groups in total. The smallest absolute Gasteiger partial charge is 0.368 e. The number of hydrogen-bond acceptors (Lipinski definition) is 2. The number of amides is 2. The highest BCUT2D eigenvalue weighted by Gasteiger charge is 2.34. The number of hydrogen-bond donors (Lipinski definition) is 2. The standard InChI is InChI=1S/C15H19F3N2O2/c1-9(2)7-13(21)20-12(14(19)22)8-10-5-3-4-6-11(10)15(16,17)18/h3-6,9,12H,7-8H2,1-2H3,(H2,19,22)(H,20,21)/t12-/m1/s1. The van der Waals surface area contributed by atoms with Crippen molar-refractivity contribution < 1.29 is 22.8 Å². The lowest BCUT2D eigenvalue weighted by molar-refractivity contribution is -0.138. The molecule has 1 rings (SSSR count). The van der Waals surface area contributed by atoms with Gasteiger partial charge in [0.25, 0.3) is 0 Å². The normalized spacial score (nSPS) is 13.0. The average molecular weight is 316 g/mol. The van der Waals surface area contributed by atoms with Crippen LogP contribution < -0.4 is 11.1 Å². The molecule has 1 aromatic rings. The van der Waals surface area contributed by atoms with Crippen LogP contribution in [0.5, 0.6) is 0 Å². The van der Waals surface area contributed by atoms with Crippen molar-refractivity contribution in [2.24, 2.45) is 11.7 Å². The van der Waals surface area contributed by atoms with Crippen molar-refractivity contribution in [2.45, 2.75) is 38.9 Å². The third kappa shape index (κ3) is 5.38. The van der Waals surface area contributed by atoms with E-state index >= 15 is 0 Å². The molecule has 0 saturated carbocycles. The van der Waals surface area contributed by atoms with E-state index < -0.39 is 29.6 Å². The summed E-state index contributed by atoms with van der Waals surface area (Å²) in [5.74, 6) is -1.21. The number of alkyl halides is 3. The Kier molecular flexibility index (Phi) is 5.96. The number of rotatable bonds is 6. The van der Waals surface area contributed by atoms with Gasteiger partial charge in [0.1, 0.15) is 6.04 Å². The third-order valence-corrected chi connectivity index (χ3v) is 3.02. The topological polar surface area (TPSA) is 72.2 Å². The molecule has 0 radical (unpaired) electrons. The summed E-state index contributed by atoms with van der Waals surface area (Å²) in [6, 6.07) is 3.74. The van der Waals surface area contributed by atoms with Crippen LogP contribution in [-0.2, 0) is 22.2 Å². The van der Waals surface area contributed by atoms with Crippen LogP contribution in [0.2, 0.25) is 0 Å². The summed E-state index contributed by atoms with van der Waals surface area (Å²) in [6.45, 7) is 3.63. The minimum absolute atomic E-state index is 0.0657. The fraction of sp³-hybridized carbons (Fsp3) is 0.467. The van der Waals surface area contributed by atoms with Gasteiger partial charge in [0.15, 0.2) is 0 Å². The lowest BCUT2D eigenvalue weighted by atomic mass is 9.99. The zero-order chi connectivity index (χ0) is 16.9. The Morgan fingerprint density at radius 1 is 1.23 bits per heavy atom. The average Bonchev–Trinajstić information content (AvgIpc) is 2.36. The van der Waals surface area contributed by atoms with Crippen LogP contribution in [0.4, 0.5) is 13.2 Å². The number of nitrogens with one attached hydrogen (secondary N) is 1. The first kappa shape index (κ1) is 18.0. The molecule has 0 heterocycles. The maximum atomic E-state index is 12.9. The first-order valence-electron chi connectivity index (χ1n) is 6.85. The molecule has 22 heavy (non-hydrogen) atoms. The summed E-state index contributed by atoms with van der Waals surface area (Å²) >= 11 is 0. The molecule has 0 aliphatic rings. The second-order valence-corrected chi connectivity index (χ2v) is 5.48. The van der Waals surface area contributed by atoms with Crippen LogP contribution in [0.1, 0.15) is 31.4 Å². The van der Waals surface area contributed by atoms with Gasteiger partial charge in [-0.05, 0) is 17.5 Å². The van der Waals surface area contributed by atoms with E-state index in [4.69, 9.17) is 5.73 Å². The van der Waals surface area contributed by atoms with Gasteiger partial charge in [-0.25, -0.2) is 0 Å². The van der Waals surface area contributed by atoms with Gasteiger partial charge in [-0.3, -0.25) is 9.59 Å². The Bertz CT molecular complexity index is 542. The Hall–Kier alpha value is -2.05. The molecule has 0 fully saturated rings. The Labute approximate surface area is 126 Å². The molecule has 2 amide bonds. The summed E-state index contributed by atoms with van der Waals surface area (Å²) < 4.78 is 38.8. The highest BCUT2D eigenvalue weighted by atomic mass is 19.4. The second kappa shape index (κ2) is 7.29. The molecule has 1 atom stereocenters. The number of halogens is 3. The van der Waals surface area contributed by atoms with E-state index in [0.717, 1.165) is 6.07 Å². The Morgan fingerprint density at radius 3 is 2.32 bits per heavy atom. The van der Waals surface area contributed by atoms with Crippen LogP contribution in [0.25, 0.3) is 0 Å². The van der Waals surface area contributed by atoms with Crippen molar-refractivity contribution >= 4 is 11.8 Å². The van der Waals surface area contributed by atoms with Crippen molar-refractivity contribution in [3.05, 3.63) is 35.4 Å². The fourth-order valence-corrected chi connectivity index (χ4v) is 2.04. The van der Waals surface area contributed by atoms with Crippen LogP contribution in [0, 0.1) is 5.92 Å². The fourth-order valence-electron chi connectivity index (χ4n) is 2.04. The molecule has 122 valence electrons. The van der Waals surface area contributed by atoms with E-state index in [0.29, 0.717) is 0 Å². The predicted octanol–water partition coefficient (Wildman–Crippen LogP) is 2.26. The van der Waals surface area contributed by atoms with Gasteiger partial charge in [-0.2, -0.15) is 13.2 Å². The summed E-state index contributed by atoms with van der Waals surface area (Å²) in [5.41, 5.74) is 4.27. The monoisotopic (exact) mass is 316 g/mol. The van der Waals surface area contributed by atoms with Gasteiger partial charge in [0, 0.05) is 12.8 Å². The number of nitrogens with two attached hydrogens (primary N) is 1. The van der Waals surface area contributed by atoms with Gasteiger partial charge in [0.05, 0.1) is 5.56 Å². The molecule has 0 aliphatic carbocycles. The molecule has 4 nitrogen and oxygen atoms in total. The number of carbonyl (C=O) groups is 2. The van der Waals surface area contributed by atoms with Crippen LogP contribution in [0.15, 0.2) is 24.3 Å². The van der Waals surface area contributed by atoms with Crippen molar-refractivity contribution in [3.63, 3.8) is 0 Å². The molecular formula is C15H19F3N2O2. The SMILES string of the molecule is CC(C)CC(=O)N[C@H](Cc1ccccc1C(F)(F)F)C(N)=O. The zero-order valence-corrected chi connectivity index (χ0v) is 12.4. The molecular weight excluding hydrogens is 297 g/mol. The van der Waals surface area contributed by atoms with E-state index in [9.17, 15) is 22.8 Å². The number of carbonyl (C=O) groups excluding carboxylic acids is 2. The molecule has 0 spiro atoms. The molecule has 0 unspecified atom stereocenters. The lowest BCUT2D eigenvalue weighted by Gasteiger charge is -2.19. The molecule has 0 saturated heterocycles. The summed E-state index contributed by atoms with van der Waals surface area (Å²) in [6.07, 6.45) is -4.65. The van der Waals surface area contributed by atoms with E-state index in [1.54, 1.807) is 0 Å². The zero-order valence-electron chi connectivity index (χ0n) is 12.4. The molecule has 1 aromatic carbocycles. The molecule has 0 bridgehead atoms. The minimum atomic E-state index is -4.53. The highest BCUT2D eigenvalue weighted by Crippen LogP contribution is 2.32. The van der Waals surface area contributed by atoms with E-state index in [1.807, 2.05) is 13.8 Å². The Balaban J connectivity index is 2.93. The van der Waals surface area contributed by atoms with Crippen molar-refractivity contribution in [3.8, 4) is 0 Å². The summed E-state index contributed by atoms with van der Waals surface area (Å²) in [5, 5.41) is 2.39. The molecule has 7 heteroatoms. The minimum Gasteiger partial charge on any atom is -0.368 e. The van der Waals surface area contributed by atoms with Crippen molar-refractivity contribution in [2.75, 3.05) is 0 Å². The largest absolute Gasteiger partial charge is 0.416 e. The molecule has 0 aliphatic heterocycles. The first-order chi connectivity index (χ1) is 10.1. The van der Waals surface area contributed by atoms with Crippen LogP contribution in [-0.4, -0.2) is 17.9 Å². The predicted molar refractivity (Wildman–Crippen MR) is 75.7 cm³/mol. The first-order valence-corrected chi connectivity index (χ1v) is 6.85. The Morgan fingerprint density at radius 2 is 1.82 bits per heavy atom. The van der Waals surface area contributed by atoms with Gasteiger partial charge < -0.3 is 11.1 Å². The van der Waals surface area contributed by atoms with Gasteiger partial charge >= 0.3 is 6.18 Å². The lowest BCUT2D eigenvalue weighted by Crippen LogP contribution is -2.46. The van der Waals surface area contributed by atoms with Crippen LogP contribution >= 0.6 is 0 Å². The highest BCUT2D eigenvalue weighted by molar-refractivity contribution is 5.86. The number of primary amides is 1. The van der Waals surface area contributed by atoms with Crippen LogP contribution in [0.3, 0.4) is 0 Å². The second-order valence-electron chi connectivity index (χ2n) is 5.48.